The standard InChI is InChI=1S/C31H26N4O2/c1-20-12-16-22(17-13-20)28-27(30(36)33-31-32-25-10-6-7-11-26(25)37-31)29(23-18-14-21(2)15-19-23)35(34-28)24-8-4-3-5-9-24/h3-19,27,29H,1-2H3,(H,32,33,36). The van der Waals surface area contributed by atoms with Crippen LogP contribution in [0.2, 0.25) is 0 Å². The molecule has 0 aliphatic carbocycles. The van der Waals surface area contributed by atoms with Crippen LogP contribution in [0.4, 0.5) is 11.7 Å². The highest BCUT2D eigenvalue weighted by atomic mass is 16.4. The number of oxazole rings is 1. The summed E-state index contributed by atoms with van der Waals surface area (Å²) in [5, 5.41) is 9.96. The van der Waals surface area contributed by atoms with Crippen molar-refractivity contribution in [1.82, 2.24) is 4.98 Å². The molecule has 0 bridgehead atoms. The summed E-state index contributed by atoms with van der Waals surface area (Å²) in [6, 6.07) is 33.6. The van der Waals surface area contributed by atoms with Crippen molar-refractivity contribution in [3.8, 4) is 0 Å². The Morgan fingerprint density at radius 1 is 0.811 bits per heavy atom. The van der Waals surface area contributed by atoms with Gasteiger partial charge in [-0.2, -0.15) is 10.1 Å². The highest BCUT2D eigenvalue weighted by Crippen LogP contribution is 2.41. The molecule has 1 aliphatic heterocycles. The lowest BCUT2D eigenvalue weighted by molar-refractivity contribution is -0.118. The molecular weight excluding hydrogens is 460 g/mol. The maximum Gasteiger partial charge on any atom is 0.302 e. The number of benzene rings is 4. The van der Waals surface area contributed by atoms with Crippen molar-refractivity contribution < 1.29 is 9.21 Å². The molecule has 0 spiro atoms. The van der Waals surface area contributed by atoms with Gasteiger partial charge >= 0.3 is 6.01 Å². The lowest BCUT2D eigenvalue weighted by Crippen LogP contribution is -2.35. The van der Waals surface area contributed by atoms with E-state index in [1.165, 1.54) is 0 Å². The third-order valence-corrected chi connectivity index (χ3v) is 6.68. The average Bonchev–Trinajstić information content (AvgIpc) is 3.52. The molecule has 2 heterocycles. The maximum atomic E-state index is 14.1. The lowest BCUT2D eigenvalue weighted by atomic mass is 9.85. The van der Waals surface area contributed by atoms with Crippen molar-refractivity contribution >= 4 is 34.4 Å². The van der Waals surface area contributed by atoms with Crippen molar-refractivity contribution in [1.29, 1.82) is 0 Å². The summed E-state index contributed by atoms with van der Waals surface area (Å²) in [4.78, 5) is 18.5. The van der Waals surface area contributed by atoms with Crippen LogP contribution in [0.5, 0.6) is 0 Å². The second-order valence-electron chi connectivity index (χ2n) is 9.34. The van der Waals surface area contributed by atoms with Crippen LogP contribution >= 0.6 is 0 Å². The molecule has 4 aromatic carbocycles. The number of aromatic nitrogens is 1. The van der Waals surface area contributed by atoms with E-state index in [2.05, 4.69) is 41.5 Å². The van der Waals surface area contributed by atoms with E-state index in [0.717, 1.165) is 27.9 Å². The first-order chi connectivity index (χ1) is 18.1. The van der Waals surface area contributed by atoms with Gasteiger partial charge in [0.2, 0.25) is 5.91 Å². The molecule has 0 fully saturated rings. The normalized spacial score (nSPS) is 17.1. The quantitative estimate of drug-likeness (QED) is 0.301. The van der Waals surface area contributed by atoms with Gasteiger partial charge in [-0.05, 0) is 49.2 Å². The monoisotopic (exact) mass is 486 g/mol. The third-order valence-electron chi connectivity index (χ3n) is 6.68. The van der Waals surface area contributed by atoms with Gasteiger partial charge in [0.15, 0.2) is 5.58 Å². The number of carbonyl (C=O) groups excluding carboxylic acids is 1. The second kappa shape index (κ2) is 9.39. The number of carbonyl (C=O) groups is 1. The first kappa shape index (κ1) is 22.7. The topological polar surface area (TPSA) is 70.7 Å². The fourth-order valence-electron chi connectivity index (χ4n) is 4.77. The summed E-state index contributed by atoms with van der Waals surface area (Å²) < 4.78 is 5.83. The molecule has 6 nitrogen and oxygen atoms in total. The molecular formula is C31H26N4O2. The average molecular weight is 487 g/mol. The Balaban J connectivity index is 1.47. The van der Waals surface area contributed by atoms with Gasteiger partial charge in [-0.15, -0.1) is 0 Å². The second-order valence-corrected chi connectivity index (χ2v) is 9.34. The minimum atomic E-state index is -0.611. The fraction of sp³-hybridized carbons (Fsp3) is 0.129. The molecule has 0 saturated heterocycles. The van der Waals surface area contributed by atoms with Gasteiger partial charge in [-0.25, -0.2) is 0 Å². The summed E-state index contributed by atoms with van der Waals surface area (Å²) in [5.74, 6) is -0.837. The highest BCUT2D eigenvalue weighted by molar-refractivity contribution is 6.18. The Hall–Kier alpha value is -4.71. The summed E-state index contributed by atoms with van der Waals surface area (Å²) in [5.41, 5.74) is 7.12. The molecule has 37 heavy (non-hydrogen) atoms. The number of hydrazone groups is 1. The number of anilines is 2. The van der Waals surface area contributed by atoms with Crippen LogP contribution in [-0.4, -0.2) is 16.6 Å². The molecule has 6 heteroatoms. The van der Waals surface area contributed by atoms with E-state index >= 15 is 0 Å². The summed E-state index contributed by atoms with van der Waals surface area (Å²) in [6.45, 7) is 4.10. The van der Waals surface area contributed by atoms with Crippen LogP contribution in [0.3, 0.4) is 0 Å². The maximum absolute atomic E-state index is 14.1. The van der Waals surface area contributed by atoms with Crippen LogP contribution in [0.1, 0.15) is 28.3 Å². The van der Waals surface area contributed by atoms with Gasteiger partial charge in [0.05, 0.1) is 17.4 Å². The van der Waals surface area contributed by atoms with E-state index in [1.807, 2.05) is 90.8 Å². The van der Waals surface area contributed by atoms with Crippen LogP contribution in [0, 0.1) is 19.8 Å². The Kier molecular flexibility index (Phi) is 5.77. The van der Waals surface area contributed by atoms with Crippen molar-refractivity contribution in [2.45, 2.75) is 19.9 Å². The SMILES string of the molecule is Cc1ccc(C2=NN(c3ccccc3)C(c3ccc(C)cc3)C2C(=O)Nc2nc3ccccc3o2)cc1. The van der Waals surface area contributed by atoms with Crippen LogP contribution < -0.4 is 10.3 Å². The number of aryl methyl sites for hydroxylation is 2. The molecule has 2 atom stereocenters. The molecule has 5 aromatic rings. The zero-order valence-corrected chi connectivity index (χ0v) is 20.6. The zero-order valence-electron chi connectivity index (χ0n) is 20.6. The van der Waals surface area contributed by atoms with Gasteiger partial charge in [0.1, 0.15) is 11.4 Å². The Morgan fingerprint density at radius 3 is 2.16 bits per heavy atom. The minimum Gasteiger partial charge on any atom is -0.423 e. The predicted molar refractivity (Wildman–Crippen MR) is 147 cm³/mol. The number of hydrogen-bond acceptors (Lipinski definition) is 5. The number of nitrogens with zero attached hydrogens (tertiary/aromatic N) is 3. The van der Waals surface area contributed by atoms with Gasteiger partial charge in [-0.3, -0.25) is 15.1 Å². The Bertz CT molecular complexity index is 1560. The molecule has 1 amide bonds. The summed E-state index contributed by atoms with van der Waals surface area (Å²) in [6.07, 6.45) is 0. The summed E-state index contributed by atoms with van der Waals surface area (Å²) in [7, 11) is 0. The van der Waals surface area contributed by atoms with Crippen LogP contribution in [-0.2, 0) is 4.79 Å². The molecule has 2 unspecified atom stereocenters. The molecule has 6 rings (SSSR count). The number of para-hydroxylation sites is 3. The smallest absolute Gasteiger partial charge is 0.302 e. The van der Waals surface area contributed by atoms with Crippen LogP contribution in [0.25, 0.3) is 11.1 Å². The molecule has 1 aliphatic rings. The van der Waals surface area contributed by atoms with E-state index in [9.17, 15) is 4.79 Å². The Labute approximate surface area is 215 Å². The lowest BCUT2D eigenvalue weighted by Gasteiger charge is -2.28. The number of nitrogens with one attached hydrogen (secondary N) is 1. The van der Waals surface area contributed by atoms with E-state index in [4.69, 9.17) is 9.52 Å². The fourth-order valence-corrected chi connectivity index (χ4v) is 4.77. The van der Waals surface area contributed by atoms with E-state index in [-0.39, 0.29) is 18.0 Å². The minimum absolute atomic E-state index is 0.176. The van der Waals surface area contributed by atoms with Gasteiger partial charge in [0.25, 0.3) is 0 Å². The van der Waals surface area contributed by atoms with Crippen LogP contribution in [0.15, 0.2) is 113 Å². The molecule has 0 saturated carbocycles. The number of hydrogen-bond donors (Lipinski definition) is 1. The van der Waals surface area contributed by atoms with E-state index in [1.54, 1.807) is 0 Å². The summed E-state index contributed by atoms with van der Waals surface area (Å²) >= 11 is 0. The molecule has 1 aromatic heterocycles. The predicted octanol–water partition coefficient (Wildman–Crippen LogP) is 6.67. The van der Waals surface area contributed by atoms with E-state index < -0.39 is 5.92 Å². The van der Waals surface area contributed by atoms with Gasteiger partial charge in [0, 0.05) is 0 Å². The highest BCUT2D eigenvalue weighted by Gasteiger charge is 2.44. The first-order valence-electron chi connectivity index (χ1n) is 12.3. The molecule has 1 N–H and O–H groups in total. The molecule has 0 radical (unpaired) electrons. The zero-order chi connectivity index (χ0) is 25.4. The molecule has 182 valence electrons. The van der Waals surface area contributed by atoms with Gasteiger partial charge < -0.3 is 4.42 Å². The van der Waals surface area contributed by atoms with Crippen molar-refractivity contribution in [3.63, 3.8) is 0 Å². The van der Waals surface area contributed by atoms with Crippen molar-refractivity contribution in [2.24, 2.45) is 11.0 Å². The number of amides is 1. The van der Waals surface area contributed by atoms with E-state index in [0.29, 0.717) is 16.8 Å². The van der Waals surface area contributed by atoms with Crippen molar-refractivity contribution in [3.05, 3.63) is 125 Å². The number of rotatable bonds is 5. The number of fused-ring (bicyclic) bond motifs is 1. The third kappa shape index (κ3) is 4.38. The first-order valence-corrected chi connectivity index (χ1v) is 12.3. The van der Waals surface area contributed by atoms with Crippen molar-refractivity contribution in [2.75, 3.05) is 10.3 Å². The van der Waals surface area contributed by atoms with Gasteiger partial charge in [-0.1, -0.05) is 90.0 Å². The Morgan fingerprint density at radius 2 is 1.46 bits per heavy atom. The largest absolute Gasteiger partial charge is 0.423 e.